The second-order valence-electron chi connectivity index (χ2n) is 6.16. The second-order valence-corrected chi connectivity index (χ2v) is 6.16. The minimum Gasteiger partial charge on any atom is -0.482 e. The molecule has 8 heteroatoms. The third-order valence-electron chi connectivity index (χ3n) is 4.11. The van der Waals surface area contributed by atoms with Crippen molar-refractivity contribution in [3.63, 3.8) is 0 Å². The Bertz CT molecular complexity index is 686. The number of nitrogens with zero attached hydrogens (tertiary/aromatic N) is 5. The van der Waals surface area contributed by atoms with Crippen LogP contribution in [-0.2, 0) is 7.05 Å². The number of aryl methyl sites for hydroxylation is 1. The standard InChI is InChI=1S/C15H20N6O2/c1-20-6-11(5-18-20)23-13-8-21(7-12(13)22)15-4-14(16-9-17-15)19-10-2-3-10/h4-6,9-10,12-13,22H,2-3,7-8H2,1H3,(H,16,17,19)/t12-,13-/m1/s1. The molecule has 0 radical (unpaired) electrons. The molecule has 1 saturated carbocycles. The van der Waals surface area contributed by atoms with E-state index in [0.717, 1.165) is 11.6 Å². The molecule has 8 nitrogen and oxygen atoms in total. The van der Waals surface area contributed by atoms with Gasteiger partial charge in [0.25, 0.3) is 0 Å². The van der Waals surface area contributed by atoms with Crippen molar-refractivity contribution in [2.75, 3.05) is 23.3 Å². The normalized spacial score (nSPS) is 24.0. The topological polar surface area (TPSA) is 88.3 Å². The summed E-state index contributed by atoms with van der Waals surface area (Å²) >= 11 is 0. The van der Waals surface area contributed by atoms with Gasteiger partial charge in [-0.3, -0.25) is 4.68 Å². The van der Waals surface area contributed by atoms with Crippen molar-refractivity contribution in [1.29, 1.82) is 0 Å². The first kappa shape index (κ1) is 14.3. The number of aliphatic hydroxyl groups is 1. The van der Waals surface area contributed by atoms with Crippen molar-refractivity contribution in [2.24, 2.45) is 7.05 Å². The molecule has 2 aromatic rings. The molecule has 122 valence electrons. The summed E-state index contributed by atoms with van der Waals surface area (Å²) in [6.45, 7) is 1.07. The van der Waals surface area contributed by atoms with Crippen molar-refractivity contribution in [3.8, 4) is 5.75 Å². The molecule has 0 spiro atoms. The molecule has 2 atom stereocenters. The fraction of sp³-hybridized carbons (Fsp3) is 0.533. The number of anilines is 2. The third-order valence-corrected chi connectivity index (χ3v) is 4.11. The van der Waals surface area contributed by atoms with Crippen LogP contribution in [0.25, 0.3) is 0 Å². The number of hydrogen-bond acceptors (Lipinski definition) is 7. The van der Waals surface area contributed by atoms with Gasteiger partial charge in [-0.05, 0) is 12.8 Å². The van der Waals surface area contributed by atoms with Gasteiger partial charge in [-0.1, -0.05) is 0 Å². The molecule has 0 amide bonds. The second kappa shape index (κ2) is 5.69. The maximum atomic E-state index is 10.3. The molecule has 0 bridgehead atoms. The third kappa shape index (κ3) is 3.21. The number of ether oxygens (including phenoxy) is 1. The van der Waals surface area contributed by atoms with Crippen LogP contribution >= 0.6 is 0 Å². The fourth-order valence-corrected chi connectivity index (χ4v) is 2.73. The molecular formula is C15H20N6O2. The van der Waals surface area contributed by atoms with Crippen molar-refractivity contribution >= 4 is 11.6 Å². The Morgan fingerprint density at radius 2 is 2.17 bits per heavy atom. The van der Waals surface area contributed by atoms with Gasteiger partial charge in [0.05, 0.1) is 18.9 Å². The molecule has 3 heterocycles. The van der Waals surface area contributed by atoms with Crippen LogP contribution in [0.4, 0.5) is 11.6 Å². The minimum absolute atomic E-state index is 0.297. The maximum absolute atomic E-state index is 10.3. The summed E-state index contributed by atoms with van der Waals surface area (Å²) in [5, 5.41) is 17.7. The minimum atomic E-state index is -0.565. The van der Waals surface area contributed by atoms with Gasteiger partial charge in [-0.2, -0.15) is 5.10 Å². The monoisotopic (exact) mass is 316 g/mol. The number of aromatic nitrogens is 4. The predicted octanol–water partition coefficient (Wildman–Crippen LogP) is 0.413. The van der Waals surface area contributed by atoms with Gasteiger partial charge in [0, 0.05) is 25.7 Å². The Kier molecular flexibility index (Phi) is 3.53. The van der Waals surface area contributed by atoms with Gasteiger partial charge < -0.3 is 20.1 Å². The summed E-state index contributed by atoms with van der Waals surface area (Å²) in [5.41, 5.74) is 0. The summed E-state index contributed by atoms with van der Waals surface area (Å²) in [6, 6.07) is 2.47. The van der Waals surface area contributed by atoms with Gasteiger partial charge in [0.2, 0.25) is 0 Å². The molecular weight excluding hydrogens is 296 g/mol. The fourth-order valence-electron chi connectivity index (χ4n) is 2.73. The number of rotatable bonds is 5. The molecule has 4 rings (SSSR count). The zero-order chi connectivity index (χ0) is 15.8. The summed E-state index contributed by atoms with van der Waals surface area (Å²) in [7, 11) is 1.83. The van der Waals surface area contributed by atoms with Gasteiger partial charge in [-0.25, -0.2) is 9.97 Å². The first-order valence-corrected chi connectivity index (χ1v) is 7.84. The molecule has 23 heavy (non-hydrogen) atoms. The van der Waals surface area contributed by atoms with Crippen LogP contribution in [0.1, 0.15) is 12.8 Å². The van der Waals surface area contributed by atoms with Crippen molar-refractivity contribution in [1.82, 2.24) is 19.7 Å². The Morgan fingerprint density at radius 1 is 1.30 bits per heavy atom. The SMILES string of the molecule is Cn1cc(O[C@@H]2CN(c3cc(NC4CC4)ncn3)C[C@H]2O)cn1. The first-order valence-electron chi connectivity index (χ1n) is 7.84. The zero-order valence-electron chi connectivity index (χ0n) is 13.0. The lowest BCUT2D eigenvalue weighted by Crippen LogP contribution is -2.29. The van der Waals surface area contributed by atoms with Crippen LogP contribution in [0, 0.1) is 0 Å². The summed E-state index contributed by atoms with van der Waals surface area (Å²) in [5.74, 6) is 2.31. The van der Waals surface area contributed by atoms with E-state index in [-0.39, 0.29) is 6.10 Å². The molecule has 2 aliphatic rings. The Labute approximate surface area is 134 Å². The molecule has 1 saturated heterocycles. The van der Waals surface area contributed by atoms with E-state index in [2.05, 4.69) is 20.4 Å². The van der Waals surface area contributed by atoms with E-state index in [1.165, 1.54) is 12.8 Å². The summed E-state index contributed by atoms with van der Waals surface area (Å²) < 4.78 is 7.51. The summed E-state index contributed by atoms with van der Waals surface area (Å²) in [4.78, 5) is 10.6. The average Bonchev–Trinajstić information content (AvgIpc) is 3.14. The van der Waals surface area contributed by atoms with E-state index >= 15 is 0 Å². The highest BCUT2D eigenvalue weighted by Crippen LogP contribution is 2.26. The molecule has 2 fully saturated rings. The van der Waals surface area contributed by atoms with Crippen LogP contribution in [0.15, 0.2) is 24.8 Å². The Morgan fingerprint density at radius 3 is 2.91 bits per heavy atom. The largest absolute Gasteiger partial charge is 0.482 e. The van der Waals surface area contributed by atoms with Crippen molar-refractivity contribution in [3.05, 3.63) is 24.8 Å². The highest BCUT2D eigenvalue weighted by atomic mass is 16.5. The van der Waals surface area contributed by atoms with Gasteiger partial charge in [-0.15, -0.1) is 0 Å². The highest BCUT2D eigenvalue weighted by molar-refractivity contribution is 5.50. The number of β-amino-alcohol motifs (C(OH)–C–C–N with tert-alkyl or cyclic N) is 1. The molecule has 0 aromatic carbocycles. The molecule has 1 aliphatic heterocycles. The van der Waals surface area contributed by atoms with Crippen LogP contribution in [0.2, 0.25) is 0 Å². The number of hydrogen-bond donors (Lipinski definition) is 2. The van der Waals surface area contributed by atoms with Gasteiger partial charge >= 0.3 is 0 Å². The number of nitrogens with one attached hydrogen (secondary N) is 1. The predicted molar refractivity (Wildman–Crippen MR) is 84.5 cm³/mol. The molecule has 0 unspecified atom stereocenters. The van der Waals surface area contributed by atoms with E-state index in [1.807, 2.05) is 18.0 Å². The van der Waals surface area contributed by atoms with Crippen molar-refractivity contribution < 1.29 is 9.84 Å². The van der Waals surface area contributed by atoms with Crippen LogP contribution in [0.3, 0.4) is 0 Å². The molecule has 2 aromatic heterocycles. The smallest absolute Gasteiger partial charge is 0.157 e. The maximum Gasteiger partial charge on any atom is 0.157 e. The van der Waals surface area contributed by atoms with E-state index < -0.39 is 6.10 Å². The van der Waals surface area contributed by atoms with Gasteiger partial charge in [0.1, 0.15) is 30.2 Å². The summed E-state index contributed by atoms with van der Waals surface area (Å²) in [6.07, 6.45) is 6.53. The van der Waals surface area contributed by atoms with Gasteiger partial charge in [0.15, 0.2) is 5.75 Å². The van der Waals surface area contributed by atoms with E-state index in [9.17, 15) is 5.11 Å². The zero-order valence-corrected chi connectivity index (χ0v) is 13.0. The van der Waals surface area contributed by atoms with Crippen molar-refractivity contribution in [2.45, 2.75) is 31.1 Å². The lowest BCUT2D eigenvalue weighted by molar-refractivity contribution is 0.0737. The molecule has 2 N–H and O–H groups in total. The lowest BCUT2D eigenvalue weighted by atomic mass is 10.3. The molecule has 1 aliphatic carbocycles. The van der Waals surface area contributed by atoms with E-state index in [1.54, 1.807) is 23.4 Å². The van der Waals surface area contributed by atoms with E-state index in [4.69, 9.17) is 4.74 Å². The Balaban J connectivity index is 1.43. The van der Waals surface area contributed by atoms with Crippen LogP contribution < -0.4 is 15.0 Å². The van der Waals surface area contributed by atoms with Crippen LogP contribution in [0.5, 0.6) is 5.75 Å². The highest BCUT2D eigenvalue weighted by Gasteiger charge is 2.34. The number of aliphatic hydroxyl groups excluding tert-OH is 1. The first-order chi connectivity index (χ1) is 11.2. The van der Waals surface area contributed by atoms with Crippen LogP contribution in [-0.4, -0.2) is 56.2 Å². The average molecular weight is 316 g/mol. The Hall–Kier alpha value is -2.35. The quantitative estimate of drug-likeness (QED) is 0.826. The van der Waals surface area contributed by atoms with E-state index in [0.29, 0.717) is 24.9 Å². The lowest BCUT2D eigenvalue weighted by Gasteiger charge is -2.17.